The minimum Gasteiger partial charge on any atom is -0.497 e. The summed E-state index contributed by atoms with van der Waals surface area (Å²) in [4.78, 5) is 0. The van der Waals surface area contributed by atoms with Gasteiger partial charge in [0.1, 0.15) is 69.8 Å². The maximum atomic E-state index is 6.79. The Morgan fingerprint density at radius 2 is 0.941 bits per heavy atom. The van der Waals surface area contributed by atoms with E-state index in [-0.39, 0.29) is 13.2 Å². The summed E-state index contributed by atoms with van der Waals surface area (Å²) in [6.45, 7) is 1.06. The van der Waals surface area contributed by atoms with Gasteiger partial charge in [-0.2, -0.15) is 0 Å². The third-order valence-corrected chi connectivity index (χ3v) is 8.94. The highest BCUT2D eigenvalue weighted by atomic mass is 16.8. The zero-order valence-electron chi connectivity index (χ0n) is 29.9. The Kier molecular flexibility index (Phi) is 11.0. The van der Waals surface area contributed by atoms with Gasteiger partial charge in [-0.15, -0.1) is 0 Å². The molecule has 2 aliphatic rings. The molecule has 51 heavy (non-hydrogen) atoms. The lowest BCUT2D eigenvalue weighted by molar-refractivity contribution is -0.251. The molecule has 0 radical (unpaired) electrons. The lowest BCUT2D eigenvalue weighted by Gasteiger charge is -2.40. The molecule has 1 unspecified atom stereocenters. The highest BCUT2D eigenvalue weighted by Gasteiger charge is 2.50. The van der Waals surface area contributed by atoms with Crippen molar-refractivity contribution in [1.29, 1.82) is 0 Å². The predicted molar refractivity (Wildman–Crippen MR) is 186 cm³/mol. The molecule has 2 aliphatic heterocycles. The highest BCUT2D eigenvalue weighted by Crippen LogP contribution is 2.54. The van der Waals surface area contributed by atoms with E-state index in [1.165, 1.54) is 0 Å². The maximum Gasteiger partial charge on any atom is 0.237 e. The number of hydrogen-bond acceptors (Lipinski definition) is 12. The smallest absolute Gasteiger partial charge is 0.237 e. The van der Waals surface area contributed by atoms with Crippen LogP contribution in [0.3, 0.4) is 0 Å². The van der Waals surface area contributed by atoms with Crippen molar-refractivity contribution in [1.82, 2.24) is 0 Å². The first kappa shape index (κ1) is 35.9. The van der Waals surface area contributed by atoms with Crippen LogP contribution in [-0.4, -0.2) is 82.3 Å². The van der Waals surface area contributed by atoms with Crippen molar-refractivity contribution in [3.05, 3.63) is 95.1 Å². The van der Waals surface area contributed by atoms with Gasteiger partial charge in [-0.1, -0.05) is 0 Å². The molecule has 0 N–H and O–H groups in total. The standard InChI is InChI=1S/C39H44O12/c1-40-27-13-9-25(10-14-27)38(26-11-15-28(41-2)16-12-26)50-24-31(51-38)23-47-35-22-30(43-4)21-34(46-7)37(35)39(48-17-8-18-49-39)36-32(44-5)19-29(42-3)20-33(36)45-6/h9-16,19-22,31H,8,17-18,23-24H2,1-7H3. The molecule has 2 heterocycles. The Bertz CT molecular complexity index is 1690. The Labute approximate surface area is 297 Å². The van der Waals surface area contributed by atoms with Gasteiger partial charge in [-0.3, -0.25) is 0 Å². The van der Waals surface area contributed by atoms with E-state index in [0.29, 0.717) is 76.8 Å². The Morgan fingerprint density at radius 3 is 1.37 bits per heavy atom. The fourth-order valence-electron chi connectivity index (χ4n) is 6.43. The predicted octanol–water partition coefficient (Wildman–Crippen LogP) is 6.08. The van der Waals surface area contributed by atoms with Crippen molar-refractivity contribution in [2.45, 2.75) is 24.1 Å². The van der Waals surface area contributed by atoms with Crippen molar-refractivity contribution in [2.75, 3.05) is 76.2 Å². The molecule has 0 bridgehead atoms. The van der Waals surface area contributed by atoms with Gasteiger partial charge in [-0.25, -0.2) is 0 Å². The van der Waals surface area contributed by atoms with Crippen LogP contribution in [0.1, 0.15) is 28.7 Å². The Hall–Kier alpha value is -4.88. The van der Waals surface area contributed by atoms with Crippen LogP contribution in [0, 0.1) is 0 Å². The van der Waals surface area contributed by atoms with Crippen LogP contribution in [0.2, 0.25) is 0 Å². The van der Waals surface area contributed by atoms with E-state index in [1.807, 2.05) is 48.5 Å². The van der Waals surface area contributed by atoms with E-state index in [0.717, 1.165) is 11.1 Å². The molecule has 2 fully saturated rings. The lowest BCUT2D eigenvalue weighted by Crippen LogP contribution is -2.40. The number of benzene rings is 4. The zero-order chi connectivity index (χ0) is 36.0. The number of ether oxygens (including phenoxy) is 12. The van der Waals surface area contributed by atoms with Crippen LogP contribution in [-0.2, 0) is 30.5 Å². The third kappa shape index (κ3) is 6.79. The minimum absolute atomic E-state index is 0.0876. The van der Waals surface area contributed by atoms with E-state index in [2.05, 4.69) is 0 Å². The molecule has 0 saturated carbocycles. The second kappa shape index (κ2) is 15.6. The molecule has 4 aromatic rings. The van der Waals surface area contributed by atoms with Gasteiger partial charge in [0.05, 0.1) is 69.6 Å². The van der Waals surface area contributed by atoms with Crippen LogP contribution >= 0.6 is 0 Å². The van der Waals surface area contributed by atoms with Crippen molar-refractivity contribution in [3.8, 4) is 46.0 Å². The van der Waals surface area contributed by atoms with Crippen LogP contribution in [0.5, 0.6) is 46.0 Å². The van der Waals surface area contributed by atoms with Crippen LogP contribution < -0.4 is 37.9 Å². The van der Waals surface area contributed by atoms with E-state index in [4.69, 9.17) is 56.8 Å². The van der Waals surface area contributed by atoms with Crippen molar-refractivity contribution >= 4 is 0 Å². The summed E-state index contributed by atoms with van der Waals surface area (Å²) in [6.07, 6.45) is 0.164. The molecular weight excluding hydrogens is 660 g/mol. The van der Waals surface area contributed by atoms with Gasteiger partial charge in [0.25, 0.3) is 0 Å². The zero-order valence-corrected chi connectivity index (χ0v) is 29.9. The molecule has 1 atom stereocenters. The summed E-state index contributed by atoms with van der Waals surface area (Å²) in [5, 5.41) is 0. The fraction of sp³-hybridized carbons (Fsp3) is 0.385. The summed E-state index contributed by atoms with van der Waals surface area (Å²) in [7, 11) is 11.1. The Morgan fingerprint density at radius 1 is 0.510 bits per heavy atom. The monoisotopic (exact) mass is 704 g/mol. The minimum atomic E-state index is -1.57. The average molecular weight is 705 g/mol. The molecule has 272 valence electrons. The van der Waals surface area contributed by atoms with Crippen LogP contribution in [0.15, 0.2) is 72.8 Å². The third-order valence-electron chi connectivity index (χ3n) is 8.94. The number of rotatable bonds is 14. The Balaban J connectivity index is 1.41. The molecule has 0 aromatic heterocycles. The molecule has 0 spiro atoms. The second-order valence-corrected chi connectivity index (χ2v) is 11.7. The maximum absolute atomic E-state index is 6.79. The largest absolute Gasteiger partial charge is 0.497 e. The van der Waals surface area contributed by atoms with Gasteiger partial charge in [0.2, 0.25) is 11.6 Å². The summed E-state index contributed by atoms with van der Waals surface area (Å²) < 4.78 is 73.0. The molecule has 4 aromatic carbocycles. The van der Waals surface area contributed by atoms with Gasteiger partial charge in [0, 0.05) is 35.4 Å². The van der Waals surface area contributed by atoms with Crippen molar-refractivity contribution < 1.29 is 56.8 Å². The second-order valence-electron chi connectivity index (χ2n) is 11.7. The molecule has 0 amide bonds. The SMILES string of the molecule is COc1ccc(C2(c3ccc(OC)cc3)OCC(COc3cc(OC)cc(OC)c3C3(c4c(OC)cc(OC)cc4OC)OCCCO3)O2)cc1. The molecular formula is C39H44O12. The first-order valence-corrected chi connectivity index (χ1v) is 16.5. The first-order chi connectivity index (χ1) is 24.9. The lowest BCUT2D eigenvalue weighted by atomic mass is 9.92. The van der Waals surface area contributed by atoms with Gasteiger partial charge >= 0.3 is 0 Å². The van der Waals surface area contributed by atoms with E-state index >= 15 is 0 Å². The molecule has 12 nitrogen and oxygen atoms in total. The molecule has 0 aliphatic carbocycles. The van der Waals surface area contributed by atoms with Crippen molar-refractivity contribution in [2.24, 2.45) is 0 Å². The van der Waals surface area contributed by atoms with Crippen molar-refractivity contribution in [3.63, 3.8) is 0 Å². The molecule has 2 saturated heterocycles. The highest BCUT2D eigenvalue weighted by molar-refractivity contribution is 5.62. The average Bonchev–Trinajstić information content (AvgIpc) is 3.64. The number of methoxy groups -OCH3 is 7. The van der Waals surface area contributed by atoms with E-state index in [9.17, 15) is 0 Å². The van der Waals surface area contributed by atoms with Gasteiger partial charge < -0.3 is 56.8 Å². The topological polar surface area (TPSA) is 111 Å². The first-order valence-electron chi connectivity index (χ1n) is 16.5. The van der Waals surface area contributed by atoms with E-state index in [1.54, 1.807) is 74.0 Å². The summed E-state index contributed by atoms with van der Waals surface area (Å²) in [5.41, 5.74) is 2.53. The summed E-state index contributed by atoms with van der Waals surface area (Å²) >= 11 is 0. The number of hydrogen-bond donors (Lipinski definition) is 0. The quantitative estimate of drug-likeness (QED) is 0.152. The molecule has 12 heteroatoms. The van der Waals surface area contributed by atoms with Crippen LogP contribution in [0.25, 0.3) is 0 Å². The van der Waals surface area contributed by atoms with Gasteiger partial charge in [0.15, 0.2) is 0 Å². The summed E-state index contributed by atoms with van der Waals surface area (Å²) in [5.74, 6) is 1.30. The molecule has 6 rings (SSSR count). The van der Waals surface area contributed by atoms with E-state index < -0.39 is 17.7 Å². The fourth-order valence-corrected chi connectivity index (χ4v) is 6.43. The summed E-state index contributed by atoms with van der Waals surface area (Å²) in [6, 6.07) is 22.2. The van der Waals surface area contributed by atoms with Crippen LogP contribution in [0.4, 0.5) is 0 Å². The normalized spacial score (nSPS) is 17.7. The van der Waals surface area contributed by atoms with Gasteiger partial charge in [-0.05, 0) is 55.0 Å².